The molecule has 5 rings (SSSR count). The number of benzene rings is 2. The molecule has 0 saturated heterocycles. The van der Waals surface area contributed by atoms with Gasteiger partial charge in [-0.15, -0.1) is 10.2 Å². The lowest BCUT2D eigenvalue weighted by molar-refractivity contribution is 0.419. The van der Waals surface area contributed by atoms with Gasteiger partial charge in [0.15, 0.2) is 5.82 Å². The summed E-state index contributed by atoms with van der Waals surface area (Å²) in [6, 6.07) is 12.0. The Labute approximate surface area is 170 Å². The molecule has 0 aliphatic heterocycles. The number of nitrogens with zero attached hydrogens (tertiary/aromatic N) is 6. The highest BCUT2D eigenvalue weighted by atomic mass is 19.1. The summed E-state index contributed by atoms with van der Waals surface area (Å²) in [6.45, 7) is 0.391. The summed E-state index contributed by atoms with van der Waals surface area (Å²) in [5.41, 5.74) is 2.41. The van der Waals surface area contributed by atoms with E-state index in [0.29, 0.717) is 35.2 Å². The normalized spacial score (nSPS) is 11.1. The first-order valence-electron chi connectivity index (χ1n) is 9.20. The van der Waals surface area contributed by atoms with Crippen molar-refractivity contribution in [1.82, 2.24) is 29.5 Å². The minimum absolute atomic E-state index is 0.285. The van der Waals surface area contributed by atoms with E-state index in [9.17, 15) is 4.39 Å². The summed E-state index contributed by atoms with van der Waals surface area (Å²) in [5, 5.41) is 12.3. The van der Waals surface area contributed by atoms with Crippen molar-refractivity contribution in [2.75, 3.05) is 12.4 Å². The largest absolute Gasteiger partial charge is 0.494 e. The Morgan fingerprint density at radius 3 is 2.73 bits per heavy atom. The third-order valence-corrected chi connectivity index (χ3v) is 4.77. The molecular weight excluding hydrogens is 385 g/mol. The first-order valence-corrected chi connectivity index (χ1v) is 9.20. The molecule has 0 spiro atoms. The monoisotopic (exact) mass is 401 g/mol. The molecule has 2 aromatic carbocycles. The number of rotatable bonds is 5. The minimum atomic E-state index is -0.285. The van der Waals surface area contributed by atoms with Crippen molar-refractivity contribution in [2.45, 2.75) is 6.54 Å². The molecule has 8 nitrogen and oxygen atoms in total. The lowest BCUT2D eigenvalue weighted by Crippen LogP contribution is -2.06. The van der Waals surface area contributed by atoms with Crippen molar-refractivity contribution in [3.05, 3.63) is 72.8 Å². The highest BCUT2D eigenvalue weighted by Gasteiger charge is 2.13. The molecule has 0 radical (unpaired) electrons. The van der Waals surface area contributed by atoms with E-state index in [0.717, 1.165) is 16.5 Å². The van der Waals surface area contributed by atoms with Gasteiger partial charge in [0.25, 0.3) is 5.78 Å². The molecule has 0 aliphatic carbocycles. The number of aromatic nitrogens is 6. The number of nitrogens with one attached hydrogen (secondary N) is 1. The summed E-state index contributed by atoms with van der Waals surface area (Å²) in [6.07, 6.45) is 5.00. The topological polar surface area (TPSA) is 90.1 Å². The Hall–Kier alpha value is -4.14. The average Bonchev–Trinajstić information content (AvgIpc) is 3.20. The molecule has 0 amide bonds. The predicted octanol–water partition coefficient (Wildman–Crippen LogP) is 3.49. The second-order valence-corrected chi connectivity index (χ2v) is 6.56. The lowest BCUT2D eigenvalue weighted by atomic mass is 10.0. The van der Waals surface area contributed by atoms with Crippen LogP contribution >= 0.6 is 0 Å². The van der Waals surface area contributed by atoms with Crippen molar-refractivity contribution < 1.29 is 9.13 Å². The maximum atomic E-state index is 13.3. The molecule has 0 atom stereocenters. The van der Waals surface area contributed by atoms with Crippen molar-refractivity contribution in [2.24, 2.45) is 0 Å². The molecule has 0 fully saturated rings. The van der Waals surface area contributed by atoms with Crippen LogP contribution in [-0.2, 0) is 6.54 Å². The fraction of sp³-hybridized carbons (Fsp3) is 0.0952. The van der Waals surface area contributed by atoms with Gasteiger partial charge >= 0.3 is 0 Å². The van der Waals surface area contributed by atoms with Crippen LogP contribution in [0.3, 0.4) is 0 Å². The molecule has 1 N–H and O–H groups in total. The number of hydrogen-bond donors (Lipinski definition) is 1. The van der Waals surface area contributed by atoms with Crippen LogP contribution in [0, 0.1) is 5.82 Å². The zero-order valence-electron chi connectivity index (χ0n) is 16.0. The van der Waals surface area contributed by atoms with Gasteiger partial charge in [-0.3, -0.25) is 4.40 Å². The smallest absolute Gasteiger partial charge is 0.254 e. The van der Waals surface area contributed by atoms with E-state index in [1.165, 1.54) is 18.5 Å². The molecule has 9 heteroatoms. The Bertz CT molecular complexity index is 1350. The molecule has 148 valence electrons. The Morgan fingerprint density at radius 1 is 1.03 bits per heavy atom. The number of halogens is 1. The molecule has 30 heavy (non-hydrogen) atoms. The van der Waals surface area contributed by atoms with Gasteiger partial charge in [0.2, 0.25) is 0 Å². The van der Waals surface area contributed by atoms with Crippen LogP contribution in [0.2, 0.25) is 0 Å². The maximum absolute atomic E-state index is 13.3. The van der Waals surface area contributed by atoms with Crippen LogP contribution in [0.5, 0.6) is 5.75 Å². The van der Waals surface area contributed by atoms with E-state index >= 15 is 0 Å². The highest BCUT2D eigenvalue weighted by Crippen LogP contribution is 2.34. The van der Waals surface area contributed by atoms with E-state index in [1.807, 2.05) is 24.4 Å². The van der Waals surface area contributed by atoms with E-state index < -0.39 is 0 Å². The van der Waals surface area contributed by atoms with Crippen molar-refractivity contribution in [3.63, 3.8) is 0 Å². The van der Waals surface area contributed by atoms with Gasteiger partial charge in [-0.1, -0.05) is 12.1 Å². The van der Waals surface area contributed by atoms with Gasteiger partial charge in [-0.2, -0.15) is 0 Å². The number of hydrogen-bond acceptors (Lipinski definition) is 7. The molecule has 3 heterocycles. The minimum Gasteiger partial charge on any atom is -0.494 e. The molecule has 5 aromatic rings. The quantitative estimate of drug-likeness (QED) is 0.482. The predicted molar refractivity (Wildman–Crippen MR) is 110 cm³/mol. The first-order chi connectivity index (χ1) is 14.7. The number of fused-ring (bicyclic) bond motifs is 2. The van der Waals surface area contributed by atoms with Crippen LogP contribution in [0.1, 0.15) is 5.82 Å². The Morgan fingerprint density at radius 2 is 1.90 bits per heavy atom. The van der Waals surface area contributed by atoms with Gasteiger partial charge in [0.05, 0.1) is 13.7 Å². The van der Waals surface area contributed by atoms with Gasteiger partial charge in [-0.05, 0) is 41.5 Å². The van der Waals surface area contributed by atoms with Gasteiger partial charge in [0.1, 0.15) is 29.2 Å². The summed E-state index contributed by atoms with van der Waals surface area (Å²) >= 11 is 0. The second-order valence-electron chi connectivity index (χ2n) is 6.56. The average molecular weight is 401 g/mol. The molecule has 0 aliphatic rings. The second kappa shape index (κ2) is 7.36. The summed E-state index contributed by atoms with van der Waals surface area (Å²) < 4.78 is 20.7. The maximum Gasteiger partial charge on any atom is 0.254 e. The Balaban J connectivity index is 1.56. The van der Waals surface area contributed by atoms with Crippen LogP contribution < -0.4 is 10.1 Å². The van der Waals surface area contributed by atoms with Crippen LogP contribution in [0.25, 0.3) is 27.8 Å². The molecule has 0 bridgehead atoms. The van der Waals surface area contributed by atoms with E-state index in [4.69, 9.17) is 4.74 Å². The molecule has 3 aromatic heterocycles. The number of anilines is 1. The van der Waals surface area contributed by atoms with Crippen LogP contribution in [0.15, 0.2) is 61.2 Å². The lowest BCUT2D eigenvalue weighted by Gasteiger charge is -2.12. The summed E-state index contributed by atoms with van der Waals surface area (Å²) in [4.78, 5) is 13.0. The third kappa shape index (κ3) is 3.16. The molecule has 0 saturated carbocycles. The highest BCUT2D eigenvalue weighted by molar-refractivity contribution is 5.96. The summed E-state index contributed by atoms with van der Waals surface area (Å²) in [7, 11) is 1.59. The van der Waals surface area contributed by atoms with Crippen molar-refractivity contribution >= 4 is 22.5 Å². The number of ether oxygens (including phenoxy) is 1. The van der Waals surface area contributed by atoms with Gasteiger partial charge < -0.3 is 10.1 Å². The number of methoxy groups -OCH3 is 1. The van der Waals surface area contributed by atoms with E-state index in [-0.39, 0.29) is 5.82 Å². The fourth-order valence-corrected chi connectivity index (χ4v) is 3.31. The zero-order valence-corrected chi connectivity index (χ0v) is 16.0. The first kappa shape index (κ1) is 17.9. The molecule has 0 unspecified atom stereocenters. The SMILES string of the molecule is COc1cc(-c2ccc(F)cc2)cc2c(NCc3nnc4ncccn34)ncnc12. The van der Waals surface area contributed by atoms with Gasteiger partial charge in [-0.25, -0.2) is 19.3 Å². The van der Waals surface area contributed by atoms with Gasteiger partial charge in [0, 0.05) is 17.8 Å². The van der Waals surface area contributed by atoms with Crippen molar-refractivity contribution in [1.29, 1.82) is 0 Å². The molecular formula is C21H16FN7O. The van der Waals surface area contributed by atoms with E-state index in [1.54, 1.807) is 29.8 Å². The summed E-state index contributed by atoms with van der Waals surface area (Å²) in [5.74, 6) is 2.18. The standard InChI is InChI=1S/C21H16FN7O/c1-30-17-10-14(13-3-5-15(22)6-4-13)9-16-19(17)25-12-26-20(16)24-11-18-27-28-21-23-7-2-8-29(18)21/h2-10,12H,11H2,1H3,(H,24,25,26). The Kier molecular flexibility index (Phi) is 4.40. The fourth-order valence-electron chi connectivity index (χ4n) is 3.31. The van der Waals surface area contributed by atoms with Crippen LogP contribution in [-0.4, -0.2) is 36.7 Å². The zero-order chi connectivity index (χ0) is 20.5. The van der Waals surface area contributed by atoms with Crippen molar-refractivity contribution in [3.8, 4) is 16.9 Å². The van der Waals surface area contributed by atoms with E-state index in [2.05, 4.69) is 30.5 Å². The third-order valence-electron chi connectivity index (χ3n) is 4.77. The van der Waals surface area contributed by atoms with Crippen LogP contribution in [0.4, 0.5) is 10.2 Å².